The number of hydrogen-bond donors (Lipinski definition) is 1. The van der Waals surface area contributed by atoms with Crippen LogP contribution < -0.4 is 10.2 Å². The van der Waals surface area contributed by atoms with E-state index in [1.165, 1.54) is 4.90 Å². The standard InChI is InChI=1S/C24H31N3O3/c28-17-23(11-12-23)16-26-13-7-18(8-14-26)15-25-22(30)27-20-6-2-1-5-19(20)24(21(27)29)9-3-4-10-24/h1-2,5-6,17-18H,3-4,7-16H2,(H,25,30). The van der Waals surface area contributed by atoms with Gasteiger partial charge in [0.15, 0.2) is 0 Å². The van der Waals surface area contributed by atoms with Crippen LogP contribution in [-0.2, 0) is 15.0 Å². The molecule has 1 N–H and O–H groups in total. The van der Waals surface area contributed by atoms with Crippen LogP contribution in [0.5, 0.6) is 0 Å². The monoisotopic (exact) mass is 409 g/mol. The normalized spacial score (nSPS) is 24.8. The van der Waals surface area contributed by atoms with Crippen LogP contribution in [0, 0.1) is 11.3 Å². The Hall–Kier alpha value is -2.21. The minimum Gasteiger partial charge on any atom is -0.337 e. The van der Waals surface area contributed by atoms with Gasteiger partial charge < -0.3 is 15.0 Å². The number of carbonyl (C=O) groups excluding carboxylic acids is 3. The first kappa shape index (κ1) is 19.7. The lowest BCUT2D eigenvalue weighted by atomic mass is 9.80. The maximum Gasteiger partial charge on any atom is 0.328 e. The molecule has 5 rings (SSSR count). The zero-order valence-electron chi connectivity index (χ0n) is 17.6. The second-order valence-electron chi connectivity index (χ2n) is 9.83. The molecular formula is C24H31N3O3. The van der Waals surface area contributed by atoms with Gasteiger partial charge in [0.05, 0.1) is 11.1 Å². The molecule has 4 aliphatic rings. The van der Waals surface area contributed by atoms with Crippen molar-refractivity contribution in [1.29, 1.82) is 0 Å². The third-order valence-electron chi connectivity index (χ3n) is 7.86. The molecule has 0 atom stereocenters. The molecule has 2 aliphatic carbocycles. The number of para-hydroxylation sites is 1. The van der Waals surface area contributed by atoms with Crippen LogP contribution in [0.4, 0.5) is 10.5 Å². The van der Waals surface area contributed by atoms with Gasteiger partial charge in [0.1, 0.15) is 6.29 Å². The molecule has 0 bridgehead atoms. The summed E-state index contributed by atoms with van der Waals surface area (Å²) in [6, 6.07) is 7.52. The molecular weight excluding hydrogens is 378 g/mol. The molecule has 1 saturated heterocycles. The number of hydrogen-bond acceptors (Lipinski definition) is 4. The summed E-state index contributed by atoms with van der Waals surface area (Å²) in [7, 11) is 0. The van der Waals surface area contributed by atoms with Crippen molar-refractivity contribution in [2.75, 3.05) is 31.1 Å². The van der Waals surface area contributed by atoms with E-state index in [0.717, 1.165) is 88.5 Å². The van der Waals surface area contributed by atoms with E-state index in [2.05, 4.69) is 10.2 Å². The van der Waals surface area contributed by atoms with E-state index in [0.29, 0.717) is 12.5 Å². The van der Waals surface area contributed by atoms with Crippen molar-refractivity contribution in [3.05, 3.63) is 29.8 Å². The van der Waals surface area contributed by atoms with Gasteiger partial charge in [0, 0.05) is 18.5 Å². The summed E-state index contributed by atoms with van der Waals surface area (Å²) < 4.78 is 0. The highest BCUT2D eigenvalue weighted by atomic mass is 16.2. The maximum atomic E-state index is 13.3. The van der Waals surface area contributed by atoms with Crippen molar-refractivity contribution in [1.82, 2.24) is 10.2 Å². The number of likely N-dealkylation sites (tertiary alicyclic amines) is 1. The third kappa shape index (κ3) is 3.25. The SMILES string of the molecule is O=CC1(CN2CCC(CNC(=O)N3C(=O)C4(CCCC4)c4ccccc43)CC2)CC1. The summed E-state index contributed by atoms with van der Waals surface area (Å²) in [5.41, 5.74) is 1.23. The molecule has 1 aromatic carbocycles. The summed E-state index contributed by atoms with van der Waals surface area (Å²) in [4.78, 5) is 41.4. The van der Waals surface area contributed by atoms with E-state index in [1.807, 2.05) is 24.3 Å². The highest BCUT2D eigenvalue weighted by Gasteiger charge is 2.53. The van der Waals surface area contributed by atoms with Crippen LogP contribution in [-0.4, -0.2) is 49.3 Å². The van der Waals surface area contributed by atoms with Crippen LogP contribution in [0.15, 0.2) is 24.3 Å². The fraction of sp³-hybridized carbons (Fsp3) is 0.625. The number of fused-ring (bicyclic) bond motifs is 2. The van der Waals surface area contributed by atoms with Gasteiger partial charge in [-0.15, -0.1) is 0 Å². The van der Waals surface area contributed by atoms with Crippen LogP contribution in [0.2, 0.25) is 0 Å². The quantitative estimate of drug-likeness (QED) is 0.758. The topological polar surface area (TPSA) is 69.7 Å². The zero-order valence-corrected chi connectivity index (χ0v) is 17.6. The minimum atomic E-state index is -0.489. The highest BCUT2D eigenvalue weighted by Crippen LogP contribution is 2.51. The van der Waals surface area contributed by atoms with Crippen LogP contribution in [0.1, 0.15) is 56.9 Å². The first-order chi connectivity index (χ1) is 14.6. The summed E-state index contributed by atoms with van der Waals surface area (Å²) in [5.74, 6) is 0.377. The molecule has 6 nitrogen and oxygen atoms in total. The fourth-order valence-corrected chi connectivity index (χ4v) is 5.75. The molecule has 0 aromatic heterocycles. The molecule has 0 radical (unpaired) electrons. The van der Waals surface area contributed by atoms with Crippen molar-refractivity contribution in [3.8, 4) is 0 Å². The fourth-order valence-electron chi connectivity index (χ4n) is 5.75. The molecule has 3 amide bonds. The molecule has 160 valence electrons. The number of anilines is 1. The summed E-state index contributed by atoms with van der Waals surface area (Å²) in [6.07, 6.45) is 8.99. The Bertz CT molecular complexity index is 849. The van der Waals surface area contributed by atoms with Crippen molar-refractivity contribution in [2.45, 2.75) is 56.8 Å². The molecule has 30 heavy (non-hydrogen) atoms. The van der Waals surface area contributed by atoms with E-state index in [9.17, 15) is 14.4 Å². The van der Waals surface area contributed by atoms with Gasteiger partial charge in [-0.25, -0.2) is 9.69 Å². The van der Waals surface area contributed by atoms with Gasteiger partial charge >= 0.3 is 6.03 Å². The van der Waals surface area contributed by atoms with Crippen LogP contribution in [0.25, 0.3) is 0 Å². The predicted molar refractivity (Wildman–Crippen MR) is 114 cm³/mol. The smallest absolute Gasteiger partial charge is 0.328 e. The largest absolute Gasteiger partial charge is 0.337 e. The number of aldehydes is 1. The number of benzene rings is 1. The van der Waals surface area contributed by atoms with Gasteiger partial charge in [-0.1, -0.05) is 31.0 Å². The van der Waals surface area contributed by atoms with E-state index in [-0.39, 0.29) is 17.4 Å². The number of urea groups is 1. The lowest BCUT2D eigenvalue weighted by Gasteiger charge is -2.33. The van der Waals surface area contributed by atoms with E-state index in [4.69, 9.17) is 0 Å². The Morgan fingerprint density at radius 1 is 1.10 bits per heavy atom. The number of carbonyl (C=O) groups is 3. The van der Waals surface area contributed by atoms with Gasteiger partial charge in [-0.3, -0.25) is 4.79 Å². The van der Waals surface area contributed by atoms with Crippen LogP contribution >= 0.6 is 0 Å². The average Bonchev–Trinajstić information content (AvgIpc) is 3.28. The Labute approximate surface area is 178 Å². The highest BCUT2D eigenvalue weighted by molar-refractivity contribution is 6.22. The first-order valence-electron chi connectivity index (χ1n) is 11.5. The van der Waals surface area contributed by atoms with Gasteiger partial charge in [0.2, 0.25) is 5.91 Å². The Morgan fingerprint density at radius 3 is 2.47 bits per heavy atom. The van der Waals surface area contributed by atoms with Crippen molar-refractivity contribution in [3.63, 3.8) is 0 Å². The Balaban J connectivity index is 1.19. The molecule has 2 heterocycles. The van der Waals surface area contributed by atoms with Crippen molar-refractivity contribution >= 4 is 23.9 Å². The van der Waals surface area contributed by atoms with E-state index < -0.39 is 5.41 Å². The summed E-state index contributed by atoms with van der Waals surface area (Å²) in [6.45, 7) is 3.44. The van der Waals surface area contributed by atoms with Crippen molar-refractivity contribution in [2.24, 2.45) is 11.3 Å². The number of nitrogens with zero attached hydrogens (tertiary/aromatic N) is 2. The van der Waals surface area contributed by atoms with Gasteiger partial charge in [-0.2, -0.15) is 0 Å². The minimum absolute atomic E-state index is 0.0443. The average molecular weight is 410 g/mol. The molecule has 0 unspecified atom stereocenters. The summed E-state index contributed by atoms with van der Waals surface area (Å²) in [5, 5.41) is 3.05. The lowest BCUT2D eigenvalue weighted by molar-refractivity contribution is -0.122. The third-order valence-corrected chi connectivity index (χ3v) is 7.86. The Morgan fingerprint density at radius 2 is 1.80 bits per heavy atom. The van der Waals surface area contributed by atoms with Gasteiger partial charge in [0.25, 0.3) is 0 Å². The van der Waals surface area contributed by atoms with E-state index >= 15 is 0 Å². The van der Waals surface area contributed by atoms with Gasteiger partial charge in [-0.05, 0) is 69.2 Å². The van der Waals surface area contributed by atoms with Crippen molar-refractivity contribution < 1.29 is 14.4 Å². The molecule has 1 spiro atoms. The first-order valence-corrected chi connectivity index (χ1v) is 11.5. The molecule has 1 aromatic rings. The molecule has 2 aliphatic heterocycles. The number of amides is 3. The molecule has 2 saturated carbocycles. The number of imide groups is 1. The number of rotatable bonds is 5. The second kappa shape index (κ2) is 7.49. The number of nitrogens with one attached hydrogen (secondary N) is 1. The lowest BCUT2D eigenvalue weighted by Crippen LogP contribution is -2.48. The molecule has 6 heteroatoms. The Kier molecular flexibility index (Phi) is 4.92. The summed E-state index contributed by atoms with van der Waals surface area (Å²) >= 11 is 0. The zero-order chi connectivity index (χ0) is 20.8. The second-order valence-corrected chi connectivity index (χ2v) is 9.83. The predicted octanol–water partition coefficient (Wildman–Crippen LogP) is 3.25. The maximum absolute atomic E-state index is 13.3. The van der Waals surface area contributed by atoms with Crippen LogP contribution in [0.3, 0.4) is 0 Å². The molecule has 3 fully saturated rings. The van der Waals surface area contributed by atoms with E-state index in [1.54, 1.807) is 0 Å². The number of piperidine rings is 1.